The van der Waals surface area contributed by atoms with Crippen molar-refractivity contribution >= 4 is 23.1 Å². The molecule has 3 aliphatic heterocycles. The van der Waals surface area contributed by atoms with Crippen molar-refractivity contribution in [1.82, 2.24) is 4.58 Å². The van der Waals surface area contributed by atoms with Crippen LogP contribution >= 0.6 is 0 Å². The number of carboxylic acids is 1. The molecule has 0 aromatic heterocycles. The number of amides is 1. The Morgan fingerprint density at radius 1 is 0.977 bits per heavy atom. The van der Waals surface area contributed by atoms with Crippen LogP contribution < -0.4 is 49.2 Å². The number of rotatable bonds is 4. The third-order valence-electron chi connectivity index (χ3n) is 7.74. The van der Waals surface area contributed by atoms with Gasteiger partial charge in [-0.25, -0.2) is 28.0 Å². The number of fused-ring (bicyclic) bond motifs is 4. The maximum Gasteiger partial charge on any atom is 0.336 e. The van der Waals surface area contributed by atoms with E-state index >= 15 is 0 Å². The number of primary amides is 1. The summed E-state index contributed by atoms with van der Waals surface area (Å²) < 4.78 is 43.0. The Balaban J connectivity index is 0.000000434. The zero-order chi connectivity index (χ0) is 32.2. The minimum atomic E-state index is -4.94. The molecule has 3 aromatic carbocycles. The smallest absolute Gasteiger partial charge is 0.336 e. The summed E-state index contributed by atoms with van der Waals surface area (Å²) in [5.74, 6) is 0.379. The van der Waals surface area contributed by atoms with Crippen LogP contribution in [-0.4, -0.2) is 43.2 Å². The van der Waals surface area contributed by atoms with Crippen LogP contribution in [0.5, 0.6) is 11.5 Å². The minimum absolute atomic E-state index is 0.321. The zero-order valence-electron chi connectivity index (χ0n) is 24.9. The topological polar surface area (TPSA) is 188 Å². The van der Waals surface area contributed by atoms with E-state index in [1.54, 1.807) is 12.1 Å². The molecule has 0 aliphatic carbocycles. The highest BCUT2D eigenvalue weighted by molar-refractivity contribution is 5.98. The molecule has 0 atom stereocenters. The number of hydrogen-bond donors (Lipinski definition) is 2. The maximum absolute atomic E-state index is 12.3. The van der Waals surface area contributed by atoms with E-state index in [4.69, 9.17) is 23.4 Å². The van der Waals surface area contributed by atoms with Crippen LogP contribution in [0.15, 0.2) is 48.5 Å². The van der Waals surface area contributed by atoms with Crippen molar-refractivity contribution in [2.75, 3.05) is 31.1 Å². The number of nitrogens with two attached hydrogens (primary N) is 1. The highest BCUT2D eigenvalue weighted by Crippen LogP contribution is 2.42. The number of carbonyl (C=O) groups excluding carboxylic acids is 1. The first-order chi connectivity index (χ1) is 20.8. The van der Waals surface area contributed by atoms with Gasteiger partial charge in [-0.2, -0.15) is 0 Å². The summed E-state index contributed by atoms with van der Waals surface area (Å²) in [6.45, 7) is 9.71. The molecule has 0 bridgehead atoms. The van der Waals surface area contributed by atoms with E-state index in [9.17, 15) is 14.7 Å². The van der Waals surface area contributed by atoms with Gasteiger partial charge in [0.25, 0.3) is 0 Å². The molecule has 0 saturated heterocycles. The summed E-state index contributed by atoms with van der Waals surface area (Å²) >= 11 is 0. The molecule has 44 heavy (non-hydrogen) atoms. The lowest BCUT2D eigenvalue weighted by molar-refractivity contribution is -2.00. The van der Waals surface area contributed by atoms with Crippen LogP contribution in [0.25, 0.3) is 5.57 Å². The summed E-state index contributed by atoms with van der Waals surface area (Å²) in [6.07, 6.45) is 4.29. The molecule has 0 fully saturated rings. The van der Waals surface area contributed by atoms with Crippen molar-refractivity contribution in [1.29, 1.82) is 0 Å². The predicted molar refractivity (Wildman–Crippen MR) is 153 cm³/mol. The van der Waals surface area contributed by atoms with Crippen LogP contribution in [-0.2, 0) is 17.6 Å². The summed E-state index contributed by atoms with van der Waals surface area (Å²) in [5, 5.41) is 12.3. The molecule has 3 aromatic rings. The van der Waals surface area contributed by atoms with E-state index in [2.05, 4.69) is 53.3 Å². The Hall–Kier alpha value is -4.00. The predicted octanol–water partition coefficient (Wildman–Crippen LogP) is -1.30. The maximum atomic E-state index is 12.3. The fraction of sp³-hybridized carbons (Fsp3) is 0.344. The molecule has 234 valence electrons. The first kappa shape index (κ1) is 32.9. The molecule has 6 rings (SSSR count). The normalized spacial score (nSPS) is 14.8. The van der Waals surface area contributed by atoms with Gasteiger partial charge >= 0.3 is 5.97 Å². The SMILES string of the molecule is CC(N)=O.CCN1CCCc2cc3c(cc21)Oc1cc2c(cc1=C3c1ccccc1C(=O)O)CCC[N+]=2CC.[O-][Cl+3]([O-])([O-])[O-]. The Morgan fingerprint density at radius 2 is 1.64 bits per heavy atom. The monoisotopic (exact) mass is 625 g/mol. The van der Waals surface area contributed by atoms with E-state index in [0.717, 1.165) is 85.3 Å². The molecule has 1 amide bonds. The lowest BCUT2D eigenvalue weighted by atomic mass is 9.86. The van der Waals surface area contributed by atoms with E-state index in [1.807, 2.05) is 12.1 Å². The lowest BCUT2D eigenvalue weighted by Crippen LogP contribution is -2.68. The number of aromatic carboxylic acids is 1. The average molecular weight is 626 g/mol. The number of carboxylic acid groups (broad SMARTS) is 1. The fourth-order valence-electron chi connectivity index (χ4n) is 6.04. The van der Waals surface area contributed by atoms with E-state index < -0.39 is 16.2 Å². The van der Waals surface area contributed by atoms with Gasteiger partial charge in [-0.3, -0.25) is 4.79 Å². The van der Waals surface area contributed by atoms with Gasteiger partial charge in [-0.05, 0) is 62.4 Å². The number of anilines is 1. The number of ether oxygens (including phenoxy) is 1. The van der Waals surface area contributed by atoms with Crippen molar-refractivity contribution in [2.45, 2.75) is 46.5 Å². The van der Waals surface area contributed by atoms with Crippen molar-refractivity contribution in [3.05, 3.63) is 86.9 Å². The van der Waals surface area contributed by atoms with E-state index in [1.165, 1.54) is 29.1 Å². The Bertz CT molecular complexity index is 1690. The Labute approximate surface area is 257 Å². The summed E-state index contributed by atoms with van der Waals surface area (Å²) in [5.41, 5.74) is 11.4. The van der Waals surface area contributed by atoms with Crippen molar-refractivity contribution in [3.63, 3.8) is 0 Å². The Morgan fingerprint density at radius 3 is 2.27 bits per heavy atom. The minimum Gasteiger partial charge on any atom is -0.478 e. The molecule has 0 unspecified atom stereocenters. The summed E-state index contributed by atoms with van der Waals surface area (Å²) in [4.78, 5) is 23.9. The summed E-state index contributed by atoms with van der Waals surface area (Å²) in [6, 6.07) is 16.2. The van der Waals surface area contributed by atoms with Crippen LogP contribution in [0.3, 0.4) is 0 Å². The molecule has 3 aliphatic rings. The van der Waals surface area contributed by atoms with Crippen molar-refractivity contribution in [3.8, 4) is 11.5 Å². The molecular weight excluding hydrogens is 590 g/mol. The van der Waals surface area contributed by atoms with Crippen molar-refractivity contribution < 1.29 is 48.3 Å². The number of aryl methyl sites for hydroxylation is 2. The van der Waals surface area contributed by atoms with Crippen LogP contribution in [0, 0.1) is 10.2 Å². The van der Waals surface area contributed by atoms with Crippen LogP contribution in [0.2, 0.25) is 0 Å². The first-order valence-corrected chi connectivity index (χ1v) is 15.7. The van der Waals surface area contributed by atoms with Gasteiger partial charge in [0.05, 0.1) is 11.6 Å². The number of benzene rings is 3. The highest BCUT2D eigenvalue weighted by atomic mass is 35.7. The fourth-order valence-corrected chi connectivity index (χ4v) is 6.04. The quantitative estimate of drug-likeness (QED) is 0.260. The van der Waals surface area contributed by atoms with Gasteiger partial charge in [0, 0.05) is 60.1 Å². The highest BCUT2D eigenvalue weighted by Gasteiger charge is 2.29. The molecular formula is C32H36ClN3O8. The summed E-state index contributed by atoms with van der Waals surface area (Å²) in [7, 11) is -4.94. The average Bonchev–Trinajstić information content (AvgIpc) is 2.96. The second kappa shape index (κ2) is 13.7. The number of carbonyl (C=O) groups is 2. The lowest BCUT2D eigenvalue weighted by Gasteiger charge is -2.32. The number of hydrogen-bond acceptors (Lipinski definition) is 8. The molecule has 0 saturated carbocycles. The van der Waals surface area contributed by atoms with Crippen molar-refractivity contribution in [2.24, 2.45) is 5.73 Å². The van der Waals surface area contributed by atoms with E-state index in [-0.39, 0.29) is 5.91 Å². The molecule has 3 N–H and O–H groups in total. The molecule has 11 nitrogen and oxygen atoms in total. The zero-order valence-corrected chi connectivity index (χ0v) is 25.7. The van der Waals surface area contributed by atoms with Gasteiger partial charge in [0.1, 0.15) is 24.6 Å². The number of nitrogens with zero attached hydrogens (tertiary/aromatic N) is 2. The third kappa shape index (κ3) is 7.55. The first-order valence-electron chi connectivity index (χ1n) is 14.4. The molecule has 3 heterocycles. The van der Waals surface area contributed by atoms with Gasteiger partial charge in [0.2, 0.25) is 11.3 Å². The standard InChI is InChI=1S/C30H30N2O3.C2H5NO.ClHO4/c1-3-31-13-7-9-19-15-23-27(17-25(19)31)35-28-18-26-20(10-8-14-32(26)4-2)16-24(28)29(23)21-11-5-6-12-22(21)30(33)34;1-2(3)4;2-1(3,4)5/h5-6,11-12,15-18H,3-4,7-10,13-14H2,1-2H3;1H3,(H2,3,4);(H,2,3,4,5). The van der Waals surface area contributed by atoms with Crippen LogP contribution in [0.4, 0.5) is 5.69 Å². The van der Waals surface area contributed by atoms with Gasteiger partial charge in [-0.1, -0.05) is 18.2 Å². The molecule has 0 spiro atoms. The molecule has 12 heteroatoms. The van der Waals surface area contributed by atoms with E-state index in [0.29, 0.717) is 5.56 Å². The molecule has 0 radical (unpaired) electrons. The van der Waals surface area contributed by atoms with Gasteiger partial charge < -0.3 is 20.5 Å². The van der Waals surface area contributed by atoms with Gasteiger partial charge in [-0.15, -0.1) is 10.2 Å². The van der Waals surface area contributed by atoms with Gasteiger partial charge in [0.15, 0.2) is 0 Å². The second-order valence-electron chi connectivity index (χ2n) is 10.6. The van der Waals surface area contributed by atoms with Crippen LogP contribution in [0.1, 0.15) is 66.2 Å². The third-order valence-corrected chi connectivity index (χ3v) is 7.74. The Kier molecular flexibility index (Phi) is 10.3. The second-order valence-corrected chi connectivity index (χ2v) is 11.4. The number of halogens is 1. The largest absolute Gasteiger partial charge is 0.478 e.